The van der Waals surface area contributed by atoms with Gasteiger partial charge in [-0.05, 0) is 31.5 Å². The Balaban J connectivity index is 2.94. The summed E-state index contributed by atoms with van der Waals surface area (Å²) in [5.41, 5.74) is -0.106. The summed E-state index contributed by atoms with van der Waals surface area (Å²) in [5, 5.41) is 9.41. The molecule has 0 saturated carbocycles. The Morgan fingerprint density at radius 2 is 2.11 bits per heavy atom. The number of nitrogens with zero attached hydrogens (tertiary/aromatic N) is 1. The number of rotatable bonds is 3. The Labute approximate surface area is 109 Å². The van der Waals surface area contributed by atoms with Gasteiger partial charge in [0.1, 0.15) is 11.5 Å². The Morgan fingerprint density at radius 1 is 1.42 bits per heavy atom. The molecule has 0 fully saturated rings. The molecule has 19 heavy (non-hydrogen) atoms. The minimum atomic E-state index is -1.16. The monoisotopic (exact) mass is 263 g/mol. The van der Waals surface area contributed by atoms with Crippen LogP contribution in [0.25, 0.3) is 10.9 Å². The zero-order valence-electron chi connectivity index (χ0n) is 10.7. The number of halogens is 1. The van der Waals surface area contributed by atoms with Gasteiger partial charge in [0.15, 0.2) is 5.43 Å². The number of carbonyl (C=O) groups is 1. The zero-order valence-corrected chi connectivity index (χ0v) is 10.7. The number of aromatic carboxylic acids is 1. The highest BCUT2D eigenvalue weighted by molar-refractivity contribution is 5.90. The lowest BCUT2D eigenvalue weighted by Crippen LogP contribution is -2.20. The standard InChI is InChI=1S/C14H14FNO3/c1-3-8(2)16-11-5-4-9(15)6-10(11)13(17)7-12(16)14(18)19/h4-8H,3H2,1-2H3,(H,18,19). The first-order valence-electron chi connectivity index (χ1n) is 6.03. The second kappa shape index (κ2) is 4.84. The van der Waals surface area contributed by atoms with Crippen molar-refractivity contribution in [2.24, 2.45) is 0 Å². The van der Waals surface area contributed by atoms with Crippen molar-refractivity contribution in [1.29, 1.82) is 0 Å². The van der Waals surface area contributed by atoms with Crippen molar-refractivity contribution in [3.63, 3.8) is 0 Å². The highest BCUT2D eigenvalue weighted by Crippen LogP contribution is 2.21. The van der Waals surface area contributed by atoms with E-state index in [1.807, 2.05) is 13.8 Å². The van der Waals surface area contributed by atoms with Crippen molar-refractivity contribution in [3.8, 4) is 0 Å². The van der Waals surface area contributed by atoms with Gasteiger partial charge in [0.05, 0.1) is 5.52 Å². The van der Waals surface area contributed by atoms with Crippen LogP contribution in [0.4, 0.5) is 4.39 Å². The molecule has 1 atom stereocenters. The van der Waals surface area contributed by atoms with E-state index in [4.69, 9.17) is 0 Å². The van der Waals surface area contributed by atoms with E-state index in [1.54, 1.807) is 4.57 Å². The predicted octanol–water partition coefficient (Wildman–Crippen LogP) is 2.81. The fourth-order valence-corrected chi connectivity index (χ4v) is 2.14. The van der Waals surface area contributed by atoms with Crippen LogP contribution in [0.15, 0.2) is 29.1 Å². The van der Waals surface area contributed by atoms with Crippen LogP contribution in [-0.4, -0.2) is 15.6 Å². The maximum absolute atomic E-state index is 13.2. The molecule has 0 amide bonds. The third kappa shape index (κ3) is 2.23. The van der Waals surface area contributed by atoms with E-state index in [0.717, 1.165) is 12.1 Å². The zero-order chi connectivity index (χ0) is 14.2. The Bertz CT molecular complexity index is 706. The second-order valence-corrected chi connectivity index (χ2v) is 4.49. The number of aromatic nitrogens is 1. The lowest BCUT2D eigenvalue weighted by atomic mass is 10.1. The molecule has 1 heterocycles. The van der Waals surface area contributed by atoms with Crippen molar-refractivity contribution in [3.05, 3.63) is 46.0 Å². The summed E-state index contributed by atoms with van der Waals surface area (Å²) >= 11 is 0. The first kappa shape index (κ1) is 13.3. The van der Waals surface area contributed by atoms with Crippen molar-refractivity contribution in [1.82, 2.24) is 4.57 Å². The summed E-state index contributed by atoms with van der Waals surface area (Å²) in [6.45, 7) is 3.78. The Kier molecular flexibility index (Phi) is 3.38. The van der Waals surface area contributed by atoms with E-state index in [-0.39, 0.29) is 17.1 Å². The average molecular weight is 263 g/mol. The summed E-state index contributed by atoms with van der Waals surface area (Å²) in [6.07, 6.45) is 0.704. The number of hydrogen-bond donors (Lipinski definition) is 1. The summed E-state index contributed by atoms with van der Waals surface area (Å²) < 4.78 is 14.8. The molecule has 0 radical (unpaired) electrons. The fraction of sp³-hybridized carbons (Fsp3) is 0.286. The van der Waals surface area contributed by atoms with Crippen molar-refractivity contribution in [2.45, 2.75) is 26.3 Å². The molecule has 0 spiro atoms. The van der Waals surface area contributed by atoms with Gasteiger partial charge >= 0.3 is 5.97 Å². The maximum Gasteiger partial charge on any atom is 0.352 e. The van der Waals surface area contributed by atoms with Gasteiger partial charge in [0, 0.05) is 17.5 Å². The molecule has 0 aliphatic rings. The van der Waals surface area contributed by atoms with Crippen LogP contribution in [0.2, 0.25) is 0 Å². The third-order valence-electron chi connectivity index (χ3n) is 3.26. The molecule has 0 bridgehead atoms. The van der Waals surface area contributed by atoms with Crippen LogP contribution in [0.3, 0.4) is 0 Å². The van der Waals surface area contributed by atoms with Crippen LogP contribution >= 0.6 is 0 Å². The Morgan fingerprint density at radius 3 is 2.68 bits per heavy atom. The van der Waals surface area contributed by atoms with Gasteiger partial charge in [0.25, 0.3) is 0 Å². The highest BCUT2D eigenvalue weighted by atomic mass is 19.1. The quantitative estimate of drug-likeness (QED) is 0.926. The van der Waals surface area contributed by atoms with Crippen LogP contribution in [-0.2, 0) is 0 Å². The normalized spacial score (nSPS) is 12.6. The number of benzene rings is 1. The largest absolute Gasteiger partial charge is 0.477 e. The molecule has 1 aromatic heterocycles. The minimum absolute atomic E-state index is 0.0709. The summed E-state index contributed by atoms with van der Waals surface area (Å²) in [7, 11) is 0. The van der Waals surface area contributed by atoms with Crippen molar-refractivity contribution < 1.29 is 14.3 Å². The van der Waals surface area contributed by atoms with Gasteiger partial charge in [-0.1, -0.05) is 6.92 Å². The SMILES string of the molecule is CCC(C)n1c(C(=O)O)cc(=O)c2cc(F)ccc21. The molecular weight excluding hydrogens is 249 g/mol. The lowest BCUT2D eigenvalue weighted by molar-refractivity contribution is 0.0682. The average Bonchev–Trinajstić information content (AvgIpc) is 2.38. The molecule has 4 nitrogen and oxygen atoms in total. The third-order valence-corrected chi connectivity index (χ3v) is 3.26. The summed E-state index contributed by atoms with van der Waals surface area (Å²) in [5.74, 6) is -1.67. The molecule has 0 saturated heterocycles. The van der Waals surface area contributed by atoms with E-state index in [9.17, 15) is 19.1 Å². The topological polar surface area (TPSA) is 59.3 Å². The molecule has 2 rings (SSSR count). The summed E-state index contributed by atoms with van der Waals surface area (Å²) in [4.78, 5) is 23.1. The molecule has 1 N–H and O–H groups in total. The van der Waals surface area contributed by atoms with Gasteiger partial charge in [-0.2, -0.15) is 0 Å². The van der Waals surface area contributed by atoms with Crippen molar-refractivity contribution in [2.75, 3.05) is 0 Å². The fourth-order valence-electron chi connectivity index (χ4n) is 2.14. The molecule has 100 valence electrons. The minimum Gasteiger partial charge on any atom is -0.477 e. The molecule has 0 aliphatic heterocycles. The molecule has 1 aromatic carbocycles. The van der Waals surface area contributed by atoms with Crippen LogP contribution in [0, 0.1) is 5.82 Å². The molecule has 0 aliphatic carbocycles. The van der Waals surface area contributed by atoms with Gasteiger partial charge in [-0.25, -0.2) is 9.18 Å². The number of carboxylic acid groups (broad SMARTS) is 1. The highest BCUT2D eigenvalue weighted by Gasteiger charge is 2.17. The van der Waals surface area contributed by atoms with Gasteiger partial charge in [-0.15, -0.1) is 0 Å². The van der Waals surface area contributed by atoms with Gasteiger partial charge < -0.3 is 9.67 Å². The van der Waals surface area contributed by atoms with E-state index in [0.29, 0.717) is 11.9 Å². The van der Waals surface area contributed by atoms with Gasteiger partial charge in [-0.3, -0.25) is 4.79 Å². The first-order valence-corrected chi connectivity index (χ1v) is 6.03. The van der Waals surface area contributed by atoms with Gasteiger partial charge in [0.2, 0.25) is 0 Å². The van der Waals surface area contributed by atoms with E-state index >= 15 is 0 Å². The predicted molar refractivity (Wildman–Crippen MR) is 70.1 cm³/mol. The molecule has 1 unspecified atom stereocenters. The van der Waals surface area contributed by atoms with Crippen LogP contribution < -0.4 is 5.43 Å². The molecule has 2 aromatic rings. The number of fused-ring (bicyclic) bond motifs is 1. The smallest absolute Gasteiger partial charge is 0.352 e. The van der Waals surface area contributed by atoms with Crippen LogP contribution in [0.5, 0.6) is 0 Å². The Hall–Kier alpha value is -2.17. The maximum atomic E-state index is 13.2. The number of carboxylic acids is 1. The number of pyridine rings is 1. The second-order valence-electron chi connectivity index (χ2n) is 4.49. The molecular formula is C14H14FNO3. The van der Waals surface area contributed by atoms with E-state index < -0.39 is 17.2 Å². The van der Waals surface area contributed by atoms with Crippen molar-refractivity contribution >= 4 is 16.9 Å². The molecule has 5 heteroatoms. The van der Waals surface area contributed by atoms with Crippen LogP contribution in [0.1, 0.15) is 36.8 Å². The van der Waals surface area contributed by atoms with E-state index in [2.05, 4.69) is 0 Å². The summed E-state index contributed by atoms with van der Waals surface area (Å²) in [6, 6.07) is 4.77. The first-order chi connectivity index (χ1) is 8.95. The lowest BCUT2D eigenvalue weighted by Gasteiger charge is -2.20. The van der Waals surface area contributed by atoms with E-state index in [1.165, 1.54) is 12.1 Å². The number of hydrogen-bond acceptors (Lipinski definition) is 2.